The molecule has 11 heteroatoms. The van der Waals surface area contributed by atoms with Gasteiger partial charge in [0.05, 0.1) is 42.4 Å². The number of aliphatic hydroxyl groups is 1. The van der Waals surface area contributed by atoms with Crippen LogP contribution in [0.25, 0.3) is 0 Å². The molecule has 4 aliphatic heterocycles. The van der Waals surface area contributed by atoms with Crippen molar-refractivity contribution in [3.05, 3.63) is 35.9 Å². The van der Waals surface area contributed by atoms with Gasteiger partial charge in [0.15, 0.2) is 0 Å². The number of rotatable bonds is 10. The van der Waals surface area contributed by atoms with Crippen LogP contribution in [0.5, 0.6) is 0 Å². The van der Waals surface area contributed by atoms with Gasteiger partial charge in [-0.05, 0) is 18.4 Å². The maximum atomic E-state index is 14.3. The van der Waals surface area contributed by atoms with E-state index in [9.17, 15) is 19.5 Å². The molecular formula is C27H37BrN4O5S. The normalized spacial score (nSPS) is 33.3. The minimum atomic E-state index is -0.791. The fourth-order valence-electron chi connectivity index (χ4n) is 6.66. The molecule has 2 bridgehead atoms. The van der Waals surface area contributed by atoms with Gasteiger partial charge >= 0.3 is 0 Å². The summed E-state index contributed by atoms with van der Waals surface area (Å²) in [7, 11) is 0. The van der Waals surface area contributed by atoms with Gasteiger partial charge in [-0.3, -0.25) is 19.3 Å². The predicted octanol–water partition coefficient (Wildman–Crippen LogP) is 1.16. The summed E-state index contributed by atoms with van der Waals surface area (Å²) < 4.78 is 4.68. The van der Waals surface area contributed by atoms with Gasteiger partial charge in [-0.15, -0.1) is 11.8 Å². The molecule has 3 unspecified atom stereocenters. The summed E-state index contributed by atoms with van der Waals surface area (Å²) in [5.74, 6) is -1.70. The molecule has 4 heterocycles. The molecule has 0 radical (unpaired) electrons. The van der Waals surface area contributed by atoms with Crippen LogP contribution in [0.1, 0.15) is 31.4 Å². The van der Waals surface area contributed by atoms with E-state index in [0.717, 1.165) is 25.1 Å². The van der Waals surface area contributed by atoms with Crippen molar-refractivity contribution < 1.29 is 24.2 Å². The van der Waals surface area contributed by atoms with E-state index in [0.29, 0.717) is 39.3 Å². The first-order valence-electron chi connectivity index (χ1n) is 13.6. The lowest BCUT2D eigenvalue weighted by Crippen LogP contribution is -2.56. The lowest BCUT2D eigenvalue weighted by atomic mass is 9.70. The number of halogens is 1. The van der Waals surface area contributed by atoms with E-state index in [1.807, 2.05) is 37.3 Å². The first kappa shape index (κ1) is 27.9. The topological polar surface area (TPSA) is 111 Å². The smallest absolute Gasteiger partial charge is 0.244 e. The molecule has 3 N–H and O–H groups in total. The summed E-state index contributed by atoms with van der Waals surface area (Å²) in [6, 6.07) is 7.89. The van der Waals surface area contributed by atoms with Crippen LogP contribution in [0.15, 0.2) is 30.3 Å². The van der Waals surface area contributed by atoms with E-state index in [2.05, 4.69) is 31.5 Å². The van der Waals surface area contributed by atoms with Gasteiger partial charge in [0.1, 0.15) is 6.04 Å². The molecule has 4 fully saturated rings. The maximum Gasteiger partial charge on any atom is 0.244 e. The second-order valence-electron chi connectivity index (χ2n) is 10.6. The van der Waals surface area contributed by atoms with E-state index in [-0.39, 0.29) is 34.4 Å². The van der Waals surface area contributed by atoms with Crippen LogP contribution in [0.3, 0.4) is 0 Å². The zero-order chi connectivity index (χ0) is 26.9. The summed E-state index contributed by atoms with van der Waals surface area (Å²) in [6.07, 6.45) is 1.42. The third-order valence-corrected chi connectivity index (χ3v) is 11.6. The lowest BCUT2D eigenvalue weighted by Gasteiger charge is -2.37. The van der Waals surface area contributed by atoms with Crippen molar-refractivity contribution >= 4 is 45.4 Å². The number of carbonyl (C=O) groups excluding carboxylic acids is 3. The van der Waals surface area contributed by atoms with Crippen molar-refractivity contribution in [3.63, 3.8) is 0 Å². The molecule has 4 saturated heterocycles. The Labute approximate surface area is 236 Å². The third kappa shape index (κ3) is 4.89. The van der Waals surface area contributed by atoms with Crippen molar-refractivity contribution in [2.24, 2.45) is 11.8 Å². The fourth-order valence-corrected chi connectivity index (χ4v) is 10.3. The van der Waals surface area contributed by atoms with Crippen LogP contribution in [-0.4, -0.2) is 106 Å². The SMILES string of the molecule is CCCNC(=O)[C@H]1[C@H]2C(=O)N([C@H](CO)c3ccccc3)C(C(=O)NCCN3CCOCC3)C23CC(Br)[C@@H]1S3. The minimum absolute atomic E-state index is 0.0156. The van der Waals surface area contributed by atoms with Crippen LogP contribution in [-0.2, 0) is 19.1 Å². The van der Waals surface area contributed by atoms with Crippen molar-refractivity contribution in [2.75, 3.05) is 52.5 Å². The van der Waals surface area contributed by atoms with Crippen LogP contribution >= 0.6 is 27.7 Å². The number of nitrogens with zero attached hydrogens (tertiary/aromatic N) is 2. The number of hydrogen-bond donors (Lipinski definition) is 3. The fraction of sp³-hybridized carbons (Fsp3) is 0.667. The van der Waals surface area contributed by atoms with Gasteiger partial charge in [0, 0.05) is 42.8 Å². The predicted molar refractivity (Wildman–Crippen MR) is 149 cm³/mol. The number of hydrogen-bond acceptors (Lipinski definition) is 7. The maximum absolute atomic E-state index is 14.3. The molecule has 9 nitrogen and oxygen atoms in total. The number of amides is 3. The Morgan fingerprint density at radius 2 is 1.89 bits per heavy atom. The Morgan fingerprint density at radius 3 is 2.58 bits per heavy atom. The monoisotopic (exact) mass is 608 g/mol. The summed E-state index contributed by atoms with van der Waals surface area (Å²) in [6.45, 7) is 6.42. The number of ether oxygens (including phenoxy) is 1. The van der Waals surface area contributed by atoms with Crippen LogP contribution in [0.4, 0.5) is 0 Å². The molecule has 4 aliphatic rings. The van der Waals surface area contributed by atoms with E-state index in [1.165, 1.54) is 0 Å². The van der Waals surface area contributed by atoms with Gasteiger partial charge in [-0.2, -0.15) is 0 Å². The Morgan fingerprint density at radius 1 is 1.18 bits per heavy atom. The number of thioether (sulfide) groups is 1. The molecule has 1 aromatic carbocycles. The summed E-state index contributed by atoms with van der Waals surface area (Å²) in [4.78, 5) is 45.5. The Bertz CT molecular complexity index is 1030. The number of benzene rings is 1. The Kier molecular flexibility index (Phi) is 8.69. The molecule has 1 spiro atoms. The molecule has 208 valence electrons. The number of aliphatic hydroxyl groups excluding tert-OH is 1. The van der Waals surface area contributed by atoms with Crippen molar-refractivity contribution in [1.82, 2.24) is 20.4 Å². The highest BCUT2D eigenvalue weighted by Gasteiger charge is 2.76. The molecule has 0 saturated carbocycles. The van der Waals surface area contributed by atoms with E-state index in [4.69, 9.17) is 4.74 Å². The first-order chi connectivity index (χ1) is 18.4. The summed E-state index contributed by atoms with van der Waals surface area (Å²) >= 11 is 5.41. The van der Waals surface area contributed by atoms with Crippen molar-refractivity contribution in [2.45, 2.75) is 46.7 Å². The number of alkyl halides is 1. The molecule has 5 rings (SSSR count). The van der Waals surface area contributed by atoms with Gasteiger partial charge in [-0.25, -0.2) is 0 Å². The second-order valence-corrected chi connectivity index (χ2v) is 13.3. The molecule has 0 aromatic heterocycles. The first-order valence-corrected chi connectivity index (χ1v) is 15.4. The molecule has 38 heavy (non-hydrogen) atoms. The standard InChI is InChI=1S/C27H37BrN4O5S/c1-2-8-29-24(34)20-21-26(36)32(19(16-33)17-6-4-3-5-7-17)23(27(21)15-18(28)22(20)38-27)25(35)30-9-10-31-11-13-37-14-12-31/h3-7,18-23,33H,2,8-16H2,1H3,(H,29,34)(H,30,35)/t18?,19-,20+,21+,22+,23?,27?/m1/s1. The quantitative estimate of drug-likeness (QED) is 0.342. The van der Waals surface area contributed by atoms with E-state index >= 15 is 0 Å². The second kappa shape index (κ2) is 11.8. The average Bonchev–Trinajstić information content (AvgIpc) is 3.52. The highest BCUT2D eigenvalue weighted by Crippen LogP contribution is 2.68. The molecule has 7 atom stereocenters. The summed E-state index contributed by atoms with van der Waals surface area (Å²) in [5.41, 5.74) is 0.771. The Balaban J connectivity index is 1.47. The molecule has 3 amide bonds. The van der Waals surface area contributed by atoms with Crippen LogP contribution < -0.4 is 10.6 Å². The lowest BCUT2D eigenvalue weighted by molar-refractivity contribution is -0.143. The minimum Gasteiger partial charge on any atom is -0.394 e. The van der Waals surface area contributed by atoms with E-state index in [1.54, 1.807) is 16.7 Å². The zero-order valence-electron chi connectivity index (χ0n) is 21.7. The number of carbonyl (C=O) groups is 3. The number of morpholine rings is 1. The largest absolute Gasteiger partial charge is 0.394 e. The van der Waals surface area contributed by atoms with Crippen molar-refractivity contribution in [1.29, 1.82) is 0 Å². The van der Waals surface area contributed by atoms with Gasteiger partial charge in [0.2, 0.25) is 17.7 Å². The van der Waals surface area contributed by atoms with Crippen LogP contribution in [0, 0.1) is 11.8 Å². The molecule has 0 aliphatic carbocycles. The highest BCUT2D eigenvalue weighted by molar-refractivity contribution is 9.09. The molecule has 1 aromatic rings. The number of nitrogens with one attached hydrogen (secondary N) is 2. The number of fused-ring (bicyclic) bond motifs is 1. The number of likely N-dealkylation sites (tertiary alicyclic amines) is 1. The third-order valence-electron chi connectivity index (χ3n) is 8.35. The molecular weight excluding hydrogens is 572 g/mol. The van der Waals surface area contributed by atoms with Crippen molar-refractivity contribution in [3.8, 4) is 0 Å². The van der Waals surface area contributed by atoms with Gasteiger partial charge < -0.3 is 25.4 Å². The average molecular weight is 610 g/mol. The van der Waals surface area contributed by atoms with Gasteiger partial charge in [0.25, 0.3) is 0 Å². The van der Waals surface area contributed by atoms with E-state index < -0.39 is 28.7 Å². The Hall–Kier alpha value is -1.66. The highest BCUT2D eigenvalue weighted by atomic mass is 79.9. The zero-order valence-corrected chi connectivity index (χ0v) is 24.1. The van der Waals surface area contributed by atoms with Crippen LogP contribution in [0.2, 0.25) is 0 Å². The van der Waals surface area contributed by atoms with Gasteiger partial charge in [-0.1, -0.05) is 53.2 Å². The summed E-state index contributed by atoms with van der Waals surface area (Å²) in [5, 5.41) is 16.6.